The van der Waals surface area contributed by atoms with Gasteiger partial charge in [0, 0.05) is 39.4 Å². The summed E-state index contributed by atoms with van der Waals surface area (Å²) in [6, 6.07) is 1.25. The second-order valence-electron chi connectivity index (χ2n) is 6.39. The lowest BCUT2D eigenvalue weighted by atomic mass is 10.2. The van der Waals surface area contributed by atoms with Crippen LogP contribution >= 0.6 is 0 Å². The van der Waals surface area contributed by atoms with Crippen molar-refractivity contribution in [1.29, 1.82) is 0 Å². The largest absolute Gasteiger partial charge is 0.390 e. The molecule has 1 fully saturated rings. The number of hydrogen-bond acceptors (Lipinski definition) is 3. The number of aromatic nitrogens is 1. The fraction of sp³-hybridized carbons (Fsp3) is 0.688. The zero-order chi connectivity index (χ0) is 19.5. The number of sulfonamides is 1. The standard InChI is InChI=1S/C16H24F3N3O3S/c1-3-21(10-7-16(17,18)19)15(23)14-11-13(12-20(14)2)26(24,25)22-8-5-4-6-9-22/h11-12H,3-10H2,1-2H3. The molecule has 148 valence electrons. The summed E-state index contributed by atoms with van der Waals surface area (Å²) in [4.78, 5) is 13.6. The summed E-state index contributed by atoms with van der Waals surface area (Å²) in [6.45, 7) is 2.11. The Morgan fingerprint density at radius 2 is 1.85 bits per heavy atom. The molecule has 10 heteroatoms. The third-order valence-electron chi connectivity index (χ3n) is 4.49. The van der Waals surface area contributed by atoms with Crippen LogP contribution in [0.25, 0.3) is 0 Å². The van der Waals surface area contributed by atoms with Gasteiger partial charge in [0.05, 0.1) is 6.42 Å². The first-order valence-electron chi connectivity index (χ1n) is 8.59. The molecule has 6 nitrogen and oxygen atoms in total. The van der Waals surface area contributed by atoms with Crippen LogP contribution in [0.2, 0.25) is 0 Å². The first-order valence-corrected chi connectivity index (χ1v) is 10.0. The fourth-order valence-corrected chi connectivity index (χ4v) is 4.56. The summed E-state index contributed by atoms with van der Waals surface area (Å²) < 4.78 is 65.5. The highest BCUT2D eigenvalue weighted by atomic mass is 32.2. The van der Waals surface area contributed by atoms with Gasteiger partial charge in [-0.1, -0.05) is 6.42 Å². The fourth-order valence-electron chi connectivity index (χ4n) is 2.97. The van der Waals surface area contributed by atoms with Crippen LogP contribution in [0.4, 0.5) is 13.2 Å². The molecule has 1 aromatic rings. The molecule has 26 heavy (non-hydrogen) atoms. The number of halogens is 3. The van der Waals surface area contributed by atoms with Crippen molar-refractivity contribution in [3.05, 3.63) is 18.0 Å². The van der Waals surface area contributed by atoms with Crippen LogP contribution in [0.3, 0.4) is 0 Å². The molecule has 0 atom stereocenters. The van der Waals surface area contributed by atoms with Gasteiger partial charge in [-0.3, -0.25) is 4.79 Å². The smallest absolute Gasteiger partial charge is 0.345 e. The van der Waals surface area contributed by atoms with Crippen LogP contribution in [-0.2, 0) is 17.1 Å². The van der Waals surface area contributed by atoms with E-state index >= 15 is 0 Å². The Morgan fingerprint density at radius 1 is 1.23 bits per heavy atom. The minimum Gasteiger partial charge on any atom is -0.345 e. The molecule has 0 aliphatic carbocycles. The van der Waals surface area contributed by atoms with E-state index in [4.69, 9.17) is 0 Å². The molecule has 0 N–H and O–H groups in total. The number of alkyl halides is 3. The van der Waals surface area contributed by atoms with Crippen molar-refractivity contribution in [3.8, 4) is 0 Å². The molecule has 0 saturated carbocycles. The number of piperidine rings is 1. The number of carbonyl (C=O) groups is 1. The van der Waals surface area contributed by atoms with Gasteiger partial charge in [0.1, 0.15) is 10.6 Å². The van der Waals surface area contributed by atoms with Crippen molar-refractivity contribution in [3.63, 3.8) is 0 Å². The van der Waals surface area contributed by atoms with E-state index in [9.17, 15) is 26.4 Å². The third kappa shape index (κ3) is 4.79. The quantitative estimate of drug-likeness (QED) is 0.744. The van der Waals surface area contributed by atoms with Crippen molar-refractivity contribution < 1.29 is 26.4 Å². The summed E-state index contributed by atoms with van der Waals surface area (Å²) in [5.41, 5.74) is 0.0598. The first kappa shape index (κ1) is 20.8. The Kier molecular flexibility index (Phi) is 6.38. The maximum Gasteiger partial charge on any atom is 0.390 e. The summed E-state index contributed by atoms with van der Waals surface area (Å²) >= 11 is 0. The van der Waals surface area contributed by atoms with E-state index in [-0.39, 0.29) is 17.1 Å². The van der Waals surface area contributed by atoms with E-state index in [1.54, 1.807) is 6.92 Å². The van der Waals surface area contributed by atoms with Gasteiger partial charge in [-0.2, -0.15) is 17.5 Å². The second kappa shape index (κ2) is 7.99. The van der Waals surface area contributed by atoms with E-state index in [0.717, 1.165) is 24.2 Å². The predicted molar refractivity (Wildman–Crippen MR) is 90.3 cm³/mol. The van der Waals surface area contributed by atoms with Gasteiger partial charge in [0.2, 0.25) is 10.0 Å². The average molecular weight is 395 g/mol. The van der Waals surface area contributed by atoms with Crippen LogP contribution in [0, 0.1) is 0 Å². The Hall–Kier alpha value is -1.55. The van der Waals surface area contributed by atoms with Crippen molar-refractivity contribution in [2.24, 2.45) is 7.05 Å². The number of amides is 1. The van der Waals surface area contributed by atoms with E-state index in [1.165, 1.54) is 28.2 Å². The molecule has 0 spiro atoms. The van der Waals surface area contributed by atoms with Gasteiger partial charge in [-0.25, -0.2) is 8.42 Å². The summed E-state index contributed by atoms with van der Waals surface area (Å²) in [6.07, 6.45) is -1.55. The molecule has 1 saturated heterocycles. The first-order chi connectivity index (χ1) is 12.1. The highest BCUT2D eigenvalue weighted by molar-refractivity contribution is 7.89. The van der Waals surface area contributed by atoms with Gasteiger partial charge < -0.3 is 9.47 Å². The zero-order valence-corrected chi connectivity index (χ0v) is 15.7. The van der Waals surface area contributed by atoms with Crippen LogP contribution in [0.15, 0.2) is 17.2 Å². The SMILES string of the molecule is CCN(CCC(F)(F)F)C(=O)c1cc(S(=O)(=O)N2CCCCC2)cn1C. The summed E-state index contributed by atoms with van der Waals surface area (Å²) in [5, 5.41) is 0. The van der Waals surface area contributed by atoms with Gasteiger partial charge >= 0.3 is 6.18 Å². The number of aryl methyl sites for hydroxylation is 1. The Bertz CT molecular complexity index is 738. The van der Waals surface area contributed by atoms with Crippen molar-refractivity contribution in [2.75, 3.05) is 26.2 Å². The normalized spacial score (nSPS) is 16.7. The minimum absolute atomic E-state index is 0.00266. The molecular weight excluding hydrogens is 371 g/mol. The van der Waals surface area contributed by atoms with Crippen molar-refractivity contribution in [1.82, 2.24) is 13.8 Å². The molecule has 2 heterocycles. The summed E-state index contributed by atoms with van der Waals surface area (Å²) in [7, 11) is -2.19. The van der Waals surface area contributed by atoms with E-state index in [0.29, 0.717) is 13.1 Å². The molecule has 1 aliphatic heterocycles. The lowest BCUT2D eigenvalue weighted by Gasteiger charge is -2.25. The Balaban J connectivity index is 2.21. The van der Waals surface area contributed by atoms with E-state index in [1.807, 2.05) is 0 Å². The number of carbonyl (C=O) groups excluding carboxylic acids is 1. The molecule has 0 radical (unpaired) electrons. The van der Waals surface area contributed by atoms with Crippen LogP contribution in [0.1, 0.15) is 43.1 Å². The highest BCUT2D eigenvalue weighted by Crippen LogP contribution is 2.24. The molecule has 2 rings (SSSR count). The Morgan fingerprint density at radius 3 is 2.38 bits per heavy atom. The maximum atomic E-state index is 12.7. The van der Waals surface area contributed by atoms with Crippen LogP contribution in [0.5, 0.6) is 0 Å². The highest BCUT2D eigenvalue weighted by Gasteiger charge is 2.31. The van der Waals surface area contributed by atoms with E-state index in [2.05, 4.69) is 0 Å². The van der Waals surface area contributed by atoms with Crippen LogP contribution < -0.4 is 0 Å². The number of nitrogens with zero attached hydrogens (tertiary/aromatic N) is 3. The summed E-state index contributed by atoms with van der Waals surface area (Å²) in [5.74, 6) is -0.612. The van der Waals surface area contributed by atoms with E-state index < -0.39 is 35.1 Å². The van der Waals surface area contributed by atoms with Crippen LogP contribution in [-0.4, -0.2) is 60.5 Å². The molecular formula is C16H24F3N3O3S. The predicted octanol–water partition coefficient (Wildman–Crippen LogP) is 2.61. The molecule has 0 aromatic carbocycles. The topological polar surface area (TPSA) is 62.6 Å². The monoisotopic (exact) mass is 395 g/mol. The van der Waals surface area contributed by atoms with Crippen molar-refractivity contribution >= 4 is 15.9 Å². The van der Waals surface area contributed by atoms with Gasteiger partial charge in [0.15, 0.2) is 0 Å². The van der Waals surface area contributed by atoms with Gasteiger partial charge in [-0.05, 0) is 25.8 Å². The average Bonchev–Trinajstić information content (AvgIpc) is 2.97. The number of rotatable bonds is 6. The lowest BCUT2D eigenvalue weighted by Crippen LogP contribution is -2.35. The molecule has 0 bridgehead atoms. The molecule has 1 amide bonds. The van der Waals surface area contributed by atoms with Gasteiger partial charge in [0.25, 0.3) is 5.91 Å². The zero-order valence-electron chi connectivity index (χ0n) is 14.9. The van der Waals surface area contributed by atoms with Crippen molar-refractivity contribution in [2.45, 2.75) is 43.7 Å². The maximum absolute atomic E-state index is 12.7. The third-order valence-corrected chi connectivity index (χ3v) is 6.35. The molecule has 1 aromatic heterocycles. The minimum atomic E-state index is -4.36. The second-order valence-corrected chi connectivity index (χ2v) is 8.32. The Labute approximate surface area is 151 Å². The number of hydrogen-bond donors (Lipinski definition) is 0. The molecule has 0 unspecified atom stereocenters. The lowest BCUT2D eigenvalue weighted by molar-refractivity contribution is -0.136. The molecule has 1 aliphatic rings. The van der Waals surface area contributed by atoms with Gasteiger partial charge in [-0.15, -0.1) is 0 Å².